The first kappa shape index (κ1) is 40.5. The standard InChI is InChI=1S/C24H37N4O19P3/c1-10-7-28(24(34)27-22(10)33)17-4-15(29)16(45-17)9-43-49(38,39)47-50(40,41)46-23-21(32)20(31)18(12(3)44-23)26-6-14-13(8-42-48(35,36)37)5-25-11(2)19(14)30/h5,7,12,15-18,20-21,23,26,29-32H,4,6,8-9H2,1-3H3,(H,38,39)(H,40,41)(H,27,33,34)(H2,35,36,37)/t12-,15+,16-,17-,18+,20+,21-,23-/m1/s1. The smallest absolute Gasteiger partial charge is 0.483 e. The fraction of sp³-hybridized carbons (Fsp3) is 0.625. The molecule has 2 aromatic rings. The maximum Gasteiger partial charge on any atom is 0.483 e. The average Bonchev–Trinajstić information content (AvgIpc) is 3.36. The Morgan fingerprint density at radius 3 is 2.38 bits per heavy atom. The largest absolute Gasteiger partial charge is 0.506 e. The van der Waals surface area contributed by atoms with E-state index >= 15 is 0 Å². The number of ether oxygens (including phenoxy) is 2. The Hall–Kier alpha value is -2.24. The number of aryl methyl sites for hydroxylation is 2. The molecule has 26 heteroatoms. The lowest BCUT2D eigenvalue weighted by Gasteiger charge is -2.41. The summed E-state index contributed by atoms with van der Waals surface area (Å²) in [7, 11) is -15.9. The van der Waals surface area contributed by atoms with E-state index in [1.54, 1.807) is 0 Å². The van der Waals surface area contributed by atoms with Gasteiger partial charge in [0.05, 0.1) is 37.2 Å². The van der Waals surface area contributed by atoms with Gasteiger partial charge in [-0.2, -0.15) is 4.31 Å². The molecule has 2 saturated heterocycles. The molecule has 0 radical (unpaired) electrons. The van der Waals surface area contributed by atoms with Gasteiger partial charge in [0.2, 0.25) is 0 Å². The Morgan fingerprint density at radius 2 is 1.72 bits per heavy atom. The number of aromatic amines is 1. The second kappa shape index (κ2) is 15.8. The van der Waals surface area contributed by atoms with Crippen LogP contribution in [0.15, 0.2) is 22.0 Å². The van der Waals surface area contributed by atoms with Gasteiger partial charge in [0.25, 0.3) is 5.56 Å². The number of hydrogen-bond acceptors (Lipinski definition) is 17. The zero-order valence-corrected chi connectivity index (χ0v) is 29.1. The minimum Gasteiger partial charge on any atom is -0.506 e. The van der Waals surface area contributed by atoms with Crippen molar-refractivity contribution >= 4 is 23.5 Å². The van der Waals surface area contributed by atoms with Crippen LogP contribution < -0.4 is 16.6 Å². The fourth-order valence-corrected chi connectivity index (χ4v) is 7.55. The third-order valence-electron chi connectivity index (χ3n) is 7.69. The normalized spacial score (nSPS) is 29.8. The van der Waals surface area contributed by atoms with E-state index in [2.05, 4.69) is 24.1 Å². The molecule has 0 aliphatic carbocycles. The summed E-state index contributed by atoms with van der Waals surface area (Å²) in [6, 6.07) is -1.16. The SMILES string of the molecule is Cc1ncc(COP(=O)(O)O)c(CN[C@@H]2[C@H](O)[C@@H](O)[C@@H](OP(=O)(O)OP(=O)(O)OC[C@H]3O[C@@H](n4cc(C)c(=O)[nH]c4=O)C[C@@H]3O)O[C@@H]2C)c1O. The third-order valence-corrected chi connectivity index (χ3v) is 10.8. The van der Waals surface area contributed by atoms with Crippen molar-refractivity contribution in [2.45, 2.75) is 89.4 Å². The number of pyridine rings is 1. The maximum atomic E-state index is 12.6. The number of H-pyrrole nitrogens is 1. The molecule has 50 heavy (non-hydrogen) atoms. The molecule has 0 aromatic carbocycles. The van der Waals surface area contributed by atoms with Crippen molar-refractivity contribution in [3.8, 4) is 5.75 Å². The van der Waals surface area contributed by atoms with E-state index in [0.717, 1.165) is 4.57 Å². The molecule has 0 saturated carbocycles. The molecule has 0 amide bonds. The molecule has 0 bridgehead atoms. The predicted octanol–water partition coefficient (Wildman–Crippen LogP) is -1.61. The molecule has 23 nitrogen and oxygen atoms in total. The van der Waals surface area contributed by atoms with Crippen LogP contribution in [0.2, 0.25) is 0 Å². The minimum atomic E-state index is -5.60. The Balaban J connectivity index is 1.33. The van der Waals surface area contributed by atoms with Crippen molar-refractivity contribution in [3.05, 3.63) is 55.6 Å². The number of aromatic hydroxyl groups is 1. The second-order valence-corrected chi connectivity index (χ2v) is 15.6. The van der Waals surface area contributed by atoms with Gasteiger partial charge in [-0.15, -0.1) is 0 Å². The van der Waals surface area contributed by atoms with E-state index in [1.807, 2.05) is 0 Å². The fourth-order valence-electron chi connectivity index (χ4n) is 5.09. The highest BCUT2D eigenvalue weighted by Gasteiger charge is 2.48. The van der Waals surface area contributed by atoms with Crippen LogP contribution in [-0.2, 0) is 54.2 Å². The molecule has 10 N–H and O–H groups in total. The van der Waals surface area contributed by atoms with Gasteiger partial charge in [0.15, 0.2) is 6.29 Å². The highest BCUT2D eigenvalue weighted by atomic mass is 31.3. The summed E-state index contributed by atoms with van der Waals surface area (Å²) < 4.78 is 66.4. The molecule has 2 unspecified atom stereocenters. The second-order valence-electron chi connectivity index (χ2n) is 11.4. The first-order valence-electron chi connectivity index (χ1n) is 14.5. The Kier molecular flexibility index (Phi) is 12.8. The van der Waals surface area contributed by atoms with Crippen LogP contribution in [0.4, 0.5) is 0 Å². The van der Waals surface area contributed by atoms with Gasteiger partial charge >= 0.3 is 29.2 Å². The number of nitrogens with zero attached hydrogens (tertiary/aromatic N) is 2. The van der Waals surface area contributed by atoms with Crippen molar-refractivity contribution < 1.29 is 81.1 Å². The third kappa shape index (κ3) is 10.2. The molecule has 282 valence electrons. The topological polar surface area (TPSA) is 348 Å². The number of rotatable bonds is 14. The summed E-state index contributed by atoms with van der Waals surface area (Å²) in [5.74, 6) is -0.355. The van der Waals surface area contributed by atoms with E-state index < -0.39 is 97.0 Å². The molecule has 10 atom stereocenters. The van der Waals surface area contributed by atoms with Gasteiger partial charge in [0.1, 0.15) is 30.3 Å². The lowest BCUT2D eigenvalue weighted by molar-refractivity contribution is -0.246. The number of nitrogens with one attached hydrogen (secondary N) is 2. The molecule has 4 heterocycles. The number of hydrogen-bond donors (Lipinski definition) is 10. The Morgan fingerprint density at radius 1 is 1.04 bits per heavy atom. The van der Waals surface area contributed by atoms with Crippen molar-refractivity contribution in [3.63, 3.8) is 0 Å². The predicted molar refractivity (Wildman–Crippen MR) is 163 cm³/mol. The molecule has 4 rings (SSSR count). The van der Waals surface area contributed by atoms with Crippen LogP contribution in [0.1, 0.15) is 42.0 Å². The Bertz CT molecular complexity index is 1800. The van der Waals surface area contributed by atoms with Crippen LogP contribution in [0.5, 0.6) is 5.75 Å². The monoisotopic (exact) mass is 778 g/mol. The van der Waals surface area contributed by atoms with E-state index in [9.17, 15) is 53.5 Å². The lowest BCUT2D eigenvalue weighted by atomic mass is 9.96. The highest BCUT2D eigenvalue weighted by molar-refractivity contribution is 7.61. The molecular formula is C24H37N4O19P3. The maximum absolute atomic E-state index is 12.6. The van der Waals surface area contributed by atoms with Crippen molar-refractivity contribution in [1.82, 2.24) is 19.9 Å². The van der Waals surface area contributed by atoms with Gasteiger partial charge in [-0.1, -0.05) is 0 Å². The first-order chi connectivity index (χ1) is 23.1. The van der Waals surface area contributed by atoms with Gasteiger partial charge in [-0.25, -0.2) is 18.5 Å². The zero-order valence-electron chi connectivity index (χ0n) is 26.4. The van der Waals surface area contributed by atoms with E-state index in [-0.39, 0.29) is 41.1 Å². The van der Waals surface area contributed by atoms with Gasteiger partial charge in [-0.3, -0.25) is 32.9 Å². The Labute approximate surface area is 281 Å². The number of phosphoric ester groups is 3. The number of aliphatic hydroxyl groups is 3. The van der Waals surface area contributed by atoms with E-state index in [0.29, 0.717) is 0 Å². The van der Waals surface area contributed by atoms with Gasteiger partial charge < -0.3 is 54.8 Å². The van der Waals surface area contributed by atoms with E-state index in [1.165, 1.54) is 33.2 Å². The zero-order chi connectivity index (χ0) is 37.3. The quantitative estimate of drug-likeness (QED) is 0.0964. The number of aromatic nitrogens is 3. The highest BCUT2D eigenvalue weighted by Crippen LogP contribution is 2.61. The molecule has 2 aliphatic heterocycles. The molecule has 2 fully saturated rings. The van der Waals surface area contributed by atoms with Crippen LogP contribution in [0.25, 0.3) is 0 Å². The van der Waals surface area contributed by atoms with Crippen molar-refractivity contribution in [2.75, 3.05) is 6.61 Å². The molecule has 2 aliphatic rings. The van der Waals surface area contributed by atoms with Crippen LogP contribution >= 0.6 is 23.5 Å². The van der Waals surface area contributed by atoms with E-state index in [4.69, 9.17) is 28.3 Å². The summed E-state index contributed by atoms with van der Waals surface area (Å²) in [6.45, 7) is 2.42. The summed E-state index contributed by atoms with van der Waals surface area (Å²) >= 11 is 0. The van der Waals surface area contributed by atoms with Gasteiger partial charge in [-0.05, 0) is 20.8 Å². The van der Waals surface area contributed by atoms with Gasteiger partial charge in [0, 0.05) is 42.0 Å². The molecule has 2 aromatic heterocycles. The summed E-state index contributed by atoms with van der Waals surface area (Å²) in [5.41, 5.74) is -0.999. The minimum absolute atomic E-state index is 0.0757. The van der Waals surface area contributed by atoms with Crippen molar-refractivity contribution in [2.24, 2.45) is 0 Å². The number of phosphoric acid groups is 3. The average molecular weight is 778 g/mol. The number of aliphatic hydroxyl groups excluding tert-OH is 3. The summed E-state index contributed by atoms with van der Waals surface area (Å²) in [6.07, 6.45) is -8.68. The summed E-state index contributed by atoms with van der Waals surface area (Å²) in [4.78, 5) is 68.1. The van der Waals surface area contributed by atoms with Crippen LogP contribution in [0, 0.1) is 13.8 Å². The van der Waals surface area contributed by atoms with Crippen LogP contribution in [0.3, 0.4) is 0 Å². The summed E-state index contributed by atoms with van der Waals surface area (Å²) in [5, 5.41) is 45.0. The first-order valence-corrected chi connectivity index (χ1v) is 19.1. The lowest BCUT2D eigenvalue weighted by Crippen LogP contribution is -2.61. The molecule has 0 spiro atoms. The van der Waals surface area contributed by atoms with Crippen LogP contribution in [-0.4, -0.2) is 104 Å². The molecular weight excluding hydrogens is 741 g/mol. The van der Waals surface area contributed by atoms with Crippen molar-refractivity contribution in [1.29, 1.82) is 0 Å².